The fourth-order valence-corrected chi connectivity index (χ4v) is 3.91. The summed E-state index contributed by atoms with van der Waals surface area (Å²) >= 11 is 0. The molecule has 2 rings (SSSR count). The van der Waals surface area contributed by atoms with Gasteiger partial charge in [-0.15, -0.1) is 0 Å². The molecule has 0 spiro atoms. The van der Waals surface area contributed by atoms with Gasteiger partial charge < -0.3 is 5.73 Å². The summed E-state index contributed by atoms with van der Waals surface area (Å²) in [6.45, 7) is 0. The second kappa shape index (κ2) is 4.54. The van der Waals surface area contributed by atoms with Crippen LogP contribution >= 0.6 is 10.8 Å². The summed E-state index contributed by atoms with van der Waals surface area (Å²) < 4.78 is 29.6. The van der Waals surface area contributed by atoms with E-state index in [1.54, 1.807) is 0 Å². The molecule has 2 fully saturated rings. The van der Waals surface area contributed by atoms with Gasteiger partial charge in [-0.3, -0.25) is 9.55 Å². The van der Waals surface area contributed by atoms with Crippen molar-refractivity contribution in [1.82, 2.24) is 0 Å². The Balaban J connectivity index is 1.87. The lowest BCUT2D eigenvalue weighted by molar-refractivity contribution is 0.420. The van der Waals surface area contributed by atoms with E-state index in [1.165, 1.54) is 19.3 Å². The van der Waals surface area contributed by atoms with Gasteiger partial charge in [-0.2, -0.15) is 8.42 Å². The summed E-state index contributed by atoms with van der Waals surface area (Å²) in [6.07, 6.45) is 4.85. The average Bonchev–Trinajstić information content (AvgIpc) is 2.75. The maximum Gasteiger partial charge on any atom is 0.320 e. The lowest BCUT2D eigenvalue weighted by Crippen LogP contribution is -2.23. The van der Waals surface area contributed by atoms with Crippen LogP contribution in [0.4, 0.5) is 0 Å². The van der Waals surface area contributed by atoms with E-state index in [4.69, 9.17) is 10.3 Å². The Morgan fingerprint density at radius 1 is 1.44 bits per heavy atom. The fraction of sp³-hybridized carbons (Fsp3) is 0.889. The third-order valence-electron chi connectivity index (χ3n) is 3.39. The normalized spacial score (nSPS) is 34.6. The Kier molecular flexibility index (Phi) is 3.46. The molecule has 7 heteroatoms. The molecule has 0 aromatic rings. The molecule has 3 N–H and O–H groups in total. The Labute approximate surface area is 99.0 Å². The summed E-state index contributed by atoms with van der Waals surface area (Å²) in [6, 6.07) is 0.278. The predicted molar refractivity (Wildman–Crippen MR) is 64.9 cm³/mol. The first-order chi connectivity index (χ1) is 7.44. The second-order valence-electron chi connectivity index (χ2n) is 4.55. The number of rotatable bonds is 4. The van der Waals surface area contributed by atoms with Crippen molar-refractivity contribution in [1.29, 1.82) is 0 Å². The maximum atomic E-state index is 10.5. The number of fused-ring (bicyclic) bond motifs is 2. The fourth-order valence-electron chi connectivity index (χ4n) is 2.75. The van der Waals surface area contributed by atoms with Crippen molar-refractivity contribution in [3.63, 3.8) is 0 Å². The zero-order valence-corrected chi connectivity index (χ0v) is 10.5. The first-order valence-corrected chi connectivity index (χ1v) is 8.32. The van der Waals surface area contributed by atoms with Crippen LogP contribution < -0.4 is 5.73 Å². The molecule has 0 aromatic carbocycles. The highest BCUT2D eigenvalue weighted by atomic mass is 33.1. The summed E-state index contributed by atoms with van der Waals surface area (Å²) in [7, 11) is -3.59. The van der Waals surface area contributed by atoms with Crippen LogP contribution in [0.25, 0.3) is 0 Å². The Morgan fingerprint density at radius 2 is 2.19 bits per heavy atom. The molecule has 0 amide bonds. The van der Waals surface area contributed by atoms with Gasteiger partial charge in [0.15, 0.2) is 0 Å². The van der Waals surface area contributed by atoms with E-state index >= 15 is 0 Å². The Hall–Kier alpha value is -0.270. The van der Waals surface area contributed by atoms with E-state index in [1.807, 2.05) is 0 Å². The molecule has 0 unspecified atom stereocenters. The summed E-state index contributed by atoms with van der Waals surface area (Å²) in [5, 5.41) is 0. The SMILES string of the molecule is NC(CSS(=O)(=O)O)=N[C@@H]1C[C@@H]2CC[C@H]1C2. The lowest BCUT2D eigenvalue weighted by atomic mass is 9.96. The average molecular weight is 264 g/mol. The molecule has 3 atom stereocenters. The van der Waals surface area contributed by atoms with Crippen molar-refractivity contribution in [2.45, 2.75) is 31.7 Å². The predicted octanol–water partition coefficient (Wildman–Crippen LogP) is 1.07. The van der Waals surface area contributed by atoms with Crippen LogP contribution in [0.2, 0.25) is 0 Å². The van der Waals surface area contributed by atoms with Gasteiger partial charge in [0.1, 0.15) is 5.84 Å². The van der Waals surface area contributed by atoms with Gasteiger partial charge in [0, 0.05) is 10.8 Å². The third-order valence-corrected chi connectivity index (χ3v) is 5.35. The number of hydrogen-bond acceptors (Lipinski definition) is 4. The largest absolute Gasteiger partial charge is 0.387 e. The van der Waals surface area contributed by atoms with Crippen molar-refractivity contribution >= 4 is 25.8 Å². The number of aliphatic imine (C=N–C) groups is 1. The zero-order valence-electron chi connectivity index (χ0n) is 8.87. The van der Waals surface area contributed by atoms with Crippen LogP contribution in [-0.2, 0) is 9.15 Å². The Bertz CT molecular complexity index is 394. The van der Waals surface area contributed by atoms with Crippen molar-refractivity contribution in [2.75, 3.05) is 5.75 Å². The summed E-state index contributed by atoms with van der Waals surface area (Å²) in [4.78, 5) is 4.36. The van der Waals surface area contributed by atoms with Crippen LogP contribution in [0.5, 0.6) is 0 Å². The van der Waals surface area contributed by atoms with Crippen LogP contribution in [0.15, 0.2) is 4.99 Å². The van der Waals surface area contributed by atoms with Crippen molar-refractivity contribution < 1.29 is 13.0 Å². The molecule has 0 aliphatic heterocycles. The van der Waals surface area contributed by atoms with Crippen molar-refractivity contribution in [3.05, 3.63) is 0 Å². The van der Waals surface area contributed by atoms with E-state index in [2.05, 4.69) is 4.99 Å². The molecule has 92 valence electrons. The molecule has 2 saturated carbocycles. The molecule has 2 bridgehead atoms. The van der Waals surface area contributed by atoms with Gasteiger partial charge in [0.2, 0.25) is 0 Å². The molecular weight excluding hydrogens is 248 g/mol. The second-order valence-corrected chi connectivity index (χ2v) is 7.90. The standard InChI is InChI=1S/C9H16N2O3S2/c10-9(5-15-16(12,13)14)11-8-4-6-1-2-7(8)3-6/h6-8H,1-5H2,(H2,10,11)(H,12,13,14)/t6-,7+,8-/m1/s1. The minimum absolute atomic E-state index is 0.0483. The van der Waals surface area contributed by atoms with Crippen LogP contribution in [0, 0.1) is 11.8 Å². The highest BCUT2D eigenvalue weighted by molar-refractivity contribution is 8.70. The molecule has 2 aliphatic carbocycles. The molecule has 16 heavy (non-hydrogen) atoms. The van der Waals surface area contributed by atoms with Crippen molar-refractivity contribution in [3.8, 4) is 0 Å². The minimum atomic E-state index is -4.01. The van der Waals surface area contributed by atoms with E-state index in [0.29, 0.717) is 22.5 Å². The zero-order chi connectivity index (χ0) is 11.8. The molecule has 0 saturated heterocycles. The molecule has 0 heterocycles. The van der Waals surface area contributed by atoms with Gasteiger partial charge in [0.05, 0.1) is 11.8 Å². The molecule has 0 aromatic heterocycles. The van der Waals surface area contributed by atoms with E-state index in [9.17, 15) is 8.42 Å². The topological polar surface area (TPSA) is 92.8 Å². The first-order valence-electron chi connectivity index (χ1n) is 5.38. The Morgan fingerprint density at radius 3 is 2.69 bits per heavy atom. The van der Waals surface area contributed by atoms with Gasteiger partial charge in [0.25, 0.3) is 0 Å². The van der Waals surface area contributed by atoms with Gasteiger partial charge in [-0.05, 0) is 31.1 Å². The molecular formula is C9H16N2O3S2. The van der Waals surface area contributed by atoms with Gasteiger partial charge in [-0.25, -0.2) is 0 Å². The number of nitrogens with two attached hydrogens (primary N) is 1. The molecule has 5 nitrogen and oxygen atoms in total. The number of amidine groups is 1. The van der Waals surface area contributed by atoms with E-state index in [0.717, 1.165) is 12.3 Å². The summed E-state index contributed by atoms with van der Waals surface area (Å²) in [5.41, 5.74) is 5.65. The van der Waals surface area contributed by atoms with Crippen LogP contribution in [0.3, 0.4) is 0 Å². The maximum absolute atomic E-state index is 10.5. The van der Waals surface area contributed by atoms with Crippen LogP contribution in [-0.4, -0.2) is 30.6 Å². The van der Waals surface area contributed by atoms with E-state index in [-0.39, 0.29) is 11.8 Å². The van der Waals surface area contributed by atoms with Crippen molar-refractivity contribution in [2.24, 2.45) is 22.6 Å². The number of nitrogens with zero attached hydrogens (tertiary/aromatic N) is 1. The third kappa shape index (κ3) is 3.11. The van der Waals surface area contributed by atoms with Gasteiger partial charge >= 0.3 is 9.15 Å². The monoisotopic (exact) mass is 264 g/mol. The van der Waals surface area contributed by atoms with Gasteiger partial charge in [-0.1, -0.05) is 6.42 Å². The molecule has 0 radical (unpaired) electrons. The molecule has 2 aliphatic rings. The summed E-state index contributed by atoms with van der Waals surface area (Å²) in [5.74, 6) is 1.80. The highest BCUT2D eigenvalue weighted by Crippen LogP contribution is 2.45. The van der Waals surface area contributed by atoms with Crippen LogP contribution in [0.1, 0.15) is 25.7 Å². The smallest absolute Gasteiger partial charge is 0.320 e. The number of hydrogen-bond donors (Lipinski definition) is 2. The lowest BCUT2D eigenvalue weighted by Gasteiger charge is -2.17. The quantitative estimate of drug-likeness (QED) is 0.343. The van der Waals surface area contributed by atoms with E-state index < -0.39 is 9.15 Å². The first kappa shape index (κ1) is 12.2. The minimum Gasteiger partial charge on any atom is -0.387 e. The highest BCUT2D eigenvalue weighted by Gasteiger charge is 2.39.